The second-order valence-electron chi connectivity index (χ2n) is 3.50. The van der Waals surface area contributed by atoms with Gasteiger partial charge < -0.3 is 20.1 Å². The Hall–Kier alpha value is -1.63. The van der Waals surface area contributed by atoms with Crippen LogP contribution in [0, 0.1) is 0 Å². The highest BCUT2D eigenvalue weighted by Crippen LogP contribution is 2.10. The first-order valence-corrected chi connectivity index (χ1v) is 6.15. The van der Waals surface area contributed by atoms with E-state index in [9.17, 15) is 0 Å². The van der Waals surface area contributed by atoms with E-state index in [2.05, 4.69) is 25.6 Å². The molecule has 1 heterocycles. The van der Waals surface area contributed by atoms with Crippen molar-refractivity contribution in [3.8, 4) is 6.01 Å². The molecule has 0 aliphatic rings. The smallest absolute Gasteiger partial charge is 0.323 e. The second kappa shape index (κ2) is 8.46. The summed E-state index contributed by atoms with van der Waals surface area (Å²) in [5, 5.41) is 6.16. The van der Waals surface area contributed by atoms with Crippen LogP contribution >= 0.6 is 0 Å². The van der Waals surface area contributed by atoms with E-state index in [4.69, 9.17) is 9.47 Å². The Morgan fingerprint density at radius 2 is 1.78 bits per heavy atom. The quantitative estimate of drug-likeness (QED) is 0.640. The molecule has 7 heteroatoms. The minimum absolute atomic E-state index is 0.331. The Morgan fingerprint density at radius 1 is 1.06 bits per heavy atom. The first kappa shape index (κ1) is 14.4. The molecule has 0 aromatic carbocycles. The van der Waals surface area contributed by atoms with E-state index in [0.717, 1.165) is 19.5 Å². The topological polar surface area (TPSA) is 81.2 Å². The van der Waals surface area contributed by atoms with E-state index < -0.39 is 0 Å². The molecule has 0 fully saturated rings. The molecular formula is C11H21N5O2. The fourth-order valence-electron chi connectivity index (χ4n) is 1.28. The fourth-order valence-corrected chi connectivity index (χ4v) is 1.28. The van der Waals surface area contributed by atoms with Crippen LogP contribution in [0.3, 0.4) is 0 Å². The molecule has 0 radical (unpaired) electrons. The van der Waals surface area contributed by atoms with Crippen molar-refractivity contribution in [2.45, 2.75) is 20.3 Å². The van der Waals surface area contributed by atoms with Gasteiger partial charge in [0, 0.05) is 26.8 Å². The van der Waals surface area contributed by atoms with Gasteiger partial charge in [-0.25, -0.2) is 0 Å². The molecule has 0 aliphatic carbocycles. The van der Waals surface area contributed by atoms with Crippen molar-refractivity contribution >= 4 is 11.9 Å². The van der Waals surface area contributed by atoms with E-state index >= 15 is 0 Å². The predicted octanol–water partition coefficient (Wildman–Crippen LogP) is 1.15. The molecule has 1 rings (SSSR count). The first-order chi connectivity index (χ1) is 8.80. The summed E-state index contributed by atoms with van der Waals surface area (Å²) in [6.07, 6.45) is 0.892. The number of methoxy groups -OCH3 is 1. The van der Waals surface area contributed by atoms with E-state index in [0.29, 0.717) is 31.1 Å². The first-order valence-electron chi connectivity index (χ1n) is 6.15. The van der Waals surface area contributed by atoms with Crippen molar-refractivity contribution < 1.29 is 9.47 Å². The van der Waals surface area contributed by atoms with Crippen LogP contribution in [0.1, 0.15) is 20.3 Å². The van der Waals surface area contributed by atoms with Gasteiger partial charge in [0.1, 0.15) is 0 Å². The Bertz CT molecular complexity index is 324. The maximum Gasteiger partial charge on any atom is 0.323 e. The molecule has 0 spiro atoms. The van der Waals surface area contributed by atoms with E-state index in [-0.39, 0.29) is 0 Å². The molecule has 7 nitrogen and oxygen atoms in total. The van der Waals surface area contributed by atoms with E-state index in [1.165, 1.54) is 0 Å². The van der Waals surface area contributed by atoms with Crippen molar-refractivity contribution in [3.63, 3.8) is 0 Å². The van der Waals surface area contributed by atoms with Gasteiger partial charge in [-0.2, -0.15) is 15.0 Å². The van der Waals surface area contributed by atoms with Crippen LogP contribution in [0.2, 0.25) is 0 Å². The number of nitrogens with one attached hydrogen (secondary N) is 2. The van der Waals surface area contributed by atoms with Gasteiger partial charge in [-0.15, -0.1) is 0 Å². The number of hydrogen-bond acceptors (Lipinski definition) is 7. The monoisotopic (exact) mass is 255 g/mol. The lowest BCUT2D eigenvalue weighted by Crippen LogP contribution is -2.12. The molecule has 18 heavy (non-hydrogen) atoms. The van der Waals surface area contributed by atoms with Gasteiger partial charge in [0.2, 0.25) is 11.9 Å². The minimum Gasteiger partial charge on any atom is -0.464 e. The second-order valence-corrected chi connectivity index (χ2v) is 3.50. The molecule has 0 saturated carbocycles. The zero-order valence-corrected chi connectivity index (χ0v) is 11.2. The Morgan fingerprint density at radius 3 is 2.39 bits per heavy atom. The van der Waals surface area contributed by atoms with Gasteiger partial charge >= 0.3 is 6.01 Å². The number of anilines is 2. The van der Waals surface area contributed by atoms with Gasteiger partial charge in [-0.3, -0.25) is 0 Å². The highest BCUT2D eigenvalue weighted by molar-refractivity contribution is 5.35. The number of nitrogens with zero attached hydrogens (tertiary/aromatic N) is 3. The summed E-state index contributed by atoms with van der Waals surface area (Å²) >= 11 is 0. The van der Waals surface area contributed by atoms with Crippen LogP contribution < -0.4 is 15.4 Å². The molecule has 0 saturated heterocycles. The summed E-state index contributed by atoms with van der Waals surface area (Å²) in [5.74, 6) is 1.03. The SMILES string of the molecule is CCNc1nc(NCCCOC)nc(OCC)n1. The lowest BCUT2D eigenvalue weighted by atomic mass is 10.4. The van der Waals surface area contributed by atoms with Crippen molar-refractivity contribution in [1.82, 2.24) is 15.0 Å². The largest absolute Gasteiger partial charge is 0.464 e. The molecule has 0 atom stereocenters. The third kappa shape index (κ3) is 5.13. The molecular weight excluding hydrogens is 234 g/mol. The Labute approximate surface area is 107 Å². The van der Waals surface area contributed by atoms with Crippen molar-refractivity contribution in [2.24, 2.45) is 0 Å². The van der Waals surface area contributed by atoms with Gasteiger partial charge in [-0.1, -0.05) is 0 Å². The maximum atomic E-state index is 5.29. The molecule has 1 aromatic rings. The summed E-state index contributed by atoms with van der Waals surface area (Å²) in [5.41, 5.74) is 0. The van der Waals surface area contributed by atoms with Gasteiger partial charge in [0.15, 0.2) is 0 Å². The normalized spacial score (nSPS) is 10.2. The van der Waals surface area contributed by atoms with E-state index in [1.807, 2.05) is 13.8 Å². The summed E-state index contributed by atoms with van der Waals surface area (Å²) in [7, 11) is 1.68. The summed E-state index contributed by atoms with van der Waals surface area (Å²) < 4.78 is 10.3. The highest BCUT2D eigenvalue weighted by Gasteiger charge is 2.06. The van der Waals surface area contributed by atoms with Crippen LogP contribution in [0.4, 0.5) is 11.9 Å². The van der Waals surface area contributed by atoms with Crippen LogP contribution in [0.25, 0.3) is 0 Å². The third-order valence-corrected chi connectivity index (χ3v) is 2.03. The number of aromatic nitrogens is 3. The van der Waals surface area contributed by atoms with Crippen LogP contribution in [0.5, 0.6) is 6.01 Å². The van der Waals surface area contributed by atoms with Crippen molar-refractivity contribution in [3.05, 3.63) is 0 Å². The summed E-state index contributed by atoms with van der Waals surface area (Å²) in [6.45, 7) is 6.60. The van der Waals surface area contributed by atoms with Crippen LogP contribution in [-0.2, 0) is 4.74 Å². The lowest BCUT2D eigenvalue weighted by Gasteiger charge is -2.09. The molecule has 0 aliphatic heterocycles. The van der Waals surface area contributed by atoms with Gasteiger partial charge in [0.25, 0.3) is 0 Å². The Kier molecular flexibility index (Phi) is 6.78. The molecule has 102 valence electrons. The average Bonchev–Trinajstić information content (AvgIpc) is 2.35. The van der Waals surface area contributed by atoms with Crippen LogP contribution in [-0.4, -0.2) is 48.4 Å². The number of hydrogen-bond donors (Lipinski definition) is 2. The zero-order chi connectivity index (χ0) is 13.2. The molecule has 0 amide bonds. The van der Waals surface area contributed by atoms with Crippen molar-refractivity contribution in [2.75, 3.05) is 44.0 Å². The summed E-state index contributed by atoms with van der Waals surface area (Å²) in [4.78, 5) is 12.5. The van der Waals surface area contributed by atoms with E-state index in [1.54, 1.807) is 7.11 Å². The number of ether oxygens (including phenoxy) is 2. The molecule has 2 N–H and O–H groups in total. The zero-order valence-electron chi connectivity index (χ0n) is 11.2. The molecule has 0 bridgehead atoms. The lowest BCUT2D eigenvalue weighted by molar-refractivity contribution is 0.197. The fraction of sp³-hybridized carbons (Fsp3) is 0.727. The summed E-state index contributed by atoms with van der Waals surface area (Å²) in [6, 6.07) is 0.331. The number of rotatable bonds is 9. The van der Waals surface area contributed by atoms with Crippen LogP contribution in [0.15, 0.2) is 0 Å². The van der Waals surface area contributed by atoms with Crippen molar-refractivity contribution in [1.29, 1.82) is 0 Å². The average molecular weight is 255 g/mol. The Balaban J connectivity index is 2.63. The predicted molar refractivity (Wildman–Crippen MR) is 70.1 cm³/mol. The third-order valence-electron chi connectivity index (χ3n) is 2.03. The minimum atomic E-state index is 0.331. The maximum absolute atomic E-state index is 5.29. The highest BCUT2D eigenvalue weighted by atomic mass is 16.5. The molecule has 1 aromatic heterocycles. The van der Waals surface area contributed by atoms with Gasteiger partial charge in [0.05, 0.1) is 6.61 Å². The molecule has 0 unspecified atom stereocenters. The standard InChI is InChI=1S/C11H21N5O2/c1-4-12-9-14-10(13-7-6-8-17-3)16-11(15-9)18-5-2/h4-8H2,1-3H3,(H2,12,13,14,15,16). The van der Waals surface area contributed by atoms with Gasteiger partial charge in [-0.05, 0) is 20.3 Å².